The average molecular weight is 317 g/mol. The van der Waals surface area contributed by atoms with Crippen LogP contribution in [0.15, 0.2) is 18.2 Å². The molecule has 0 unspecified atom stereocenters. The monoisotopic (exact) mass is 317 g/mol. The molecule has 2 heterocycles. The van der Waals surface area contributed by atoms with Crippen molar-refractivity contribution in [3.05, 3.63) is 29.3 Å². The number of morpholine rings is 1. The molecule has 23 heavy (non-hydrogen) atoms. The number of amides is 4. The van der Waals surface area contributed by atoms with Gasteiger partial charge in [-0.25, -0.2) is 4.79 Å². The predicted molar refractivity (Wildman–Crippen MR) is 83.5 cm³/mol. The third-order valence-electron chi connectivity index (χ3n) is 3.98. The summed E-state index contributed by atoms with van der Waals surface area (Å²) in [6.07, 6.45) is 0. The van der Waals surface area contributed by atoms with Crippen molar-refractivity contribution in [3.8, 4) is 0 Å². The summed E-state index contributed by atoms with van der Waals surface area (Å²) in [6.45, 7) is 5.71. The highest BCUT2D eigenvalue weighted by Crippen LogP contribution is 2.27. The van der Waals surface area contributed by atoms with Crippen LogP contribution in [0.3, 0.4) is 0 Å². The zero-order valence-corrected chi connectivity index (χ0v) is 13.2. The molecule has 2 aliphatic rings. The second-order valence-corrected chi connectivity index (χ2v) is 5.86. The number of urea groups is 1. The van der Waals surface area contributed by atoms with Crippen molar-refractivity contribution < 1.29 is 19.1 Å². The molecule has 0 saturated carbocycles. The lowest BCUT2D eigenvalue weighted by Gasteiger charge is -2.26. The number of benzene rings is 1. The molecule has 4 amide bonds. The minimum absolute atomic E-state index is 0.200. The molecule has 1 aromatic carbocycles. The molecule has 0 aliphatic carbocycles. The third-order valence-corrected chi connectivity index (χ3v) is 3.98. The van der Waals surface area contributed by atoms with Crippen molar-refractivity contribution >= 4 is 23.5 Å². The molecule has 3 rings (SSSR count). The first-order valence-electron chi connectivity index (χ1n) is 7.64. The Hall–Kier alpha value is -2.41. The number of rotatable bonds is 2. The number of anilines is 1. The van der Waals surface area contributed by atoms with E-state index in [0.717, 1.165) is 0 Å². The fraction of sp³-hybridized carbons (Fsp3) is 0.438. The van der Waals surface area contributed by atoms with Crippen LogP contribution in [0.1, 0.15) is 34.6 Å². The van der Waals surface area contributed by atoms with Gasteiger partial charge in [-0.05, 0) is 32.0 Å². The molecular formula is C16H19N3O4. The Labute approximate surface area is 134 Å². The van der Waals surface area contributed by atoms with E-state index in [2.05, 4.69) is 5.32 Å². The molecule has 0 atom stereocenters. The van der Waals surface area contributed by atoms with Crippen molar-refractivity contribution in [2.75, 3.05) is 31.6 Å². The number of carbonyl (C=O) groups is 3. The third kappa shape index (κ3) is 2.79. The van der Waals surface area contributed by atoms with E-state index in [1.54, 1.807) is 36.9 Å². The summed E-state index contributed by atoms with van der Waals surface area (Å²) in [5.74, 6) is -0.603. The van der Waals surface area contributed by atoms with E-state index in [-0.39, 0.29) is 23.9 Å². The summed E-state index contributed by atoms with van der Waals surface area (Å²) in [5.41, 5.74) is 1.23. The van der Waals surface area contributed by atoms with Crippen molar-refractivity contribution in [1.82, 2.24) is 9.80 Å². The SMILES string of the molecule is CC(C)N1C(=O)c2ccc(NC(=O)N3CCOCC3)cc2C1=O. The lowest BCUT2D eigenvalue weighted by atomic mass is 10.1. The standard InChI is InChI=1S/C16H19N3O4/c1-10(2)19-14(20)12-4-3-11(9-13(12)15(19)21)17-16(22)18-5-7-23-8-6-18/h3-4,9-10H,5-8H2,1-2H3,(H,17,22). The largest absolute Gasteiger partial charge is 0.378 e. The lowest BCUT2D eigenvalue weighted by molar-refractivity contribution is 0.0564. The van der Waals surface area contributed by atoms with Crippen molar-refractivity contribution in [2.24, 2.45) is 0 Å². The van der Waals surface area contributed by atoms with Gasteiger partial charge in [0, 0.05) is 24.8 Å². The van der Waals surface area contributed by atoms with Gasteiger partial charge < -0.3 is 15.0 Å². The Morgan fingerprint density at radius 3 is 2.43 bits per heavy atom. The Morgan fingerprint density at radius 1 is 1.13 bits per heavy atom. The minimum atomic E-state index is -0.317. The summed E-state index contributed by atoms with van der Waals surface area (Å²) in [5, 5.41) is 2.77. The lowest BCUT2D eigenvalue weighted by Crippen LogP contribution is -2.43. The molecule has 2 aliphatic heterocycles. The summed E-state index contributed by atoms with van der Waals surface area (Å²) in [4.78, 5) is 39.7. The highest BCUT2D eigenvalue weighted by molar-refractivity contribution is 6.22. The molecule has 122 valence electrons. The van der Waals surface area contributed by atoms with Crippen LogP contribution in [-0.4, -0.2) is 60.0 Å². The van der Waals surface area contributed by atoms with Crippen molar-refractivity contribution in [3.63, 3.8) is 0 Å². The van der Waals surface area contributed by atoms with Gasteiger partial charge in [0.05, 0.1) is 24.3 Å². The molecule has 1 aromatic rings. The summed E-state index contributed by atoms with van der Waals surface area (Å²) in [6, 6.07) is 4.37. The van der Waals surface area contributed by atoms with E-state index in [0.29, 0.717) is 43.1 Å². The minimum Gasteiger partial charge on any atom is -0.378 e. The van der Waals surface area contributed by atoms with E-state index in [4.69, 9.17) is 4.74 Å². The van der Waals surface area contributed by atoms with Gasteiger partial charge in [0.25, 0.3) is 11.8 Å². The quantitative estimate of drug-likeness (QED) is 0.840. The number of nitrogens with zero attached hydrogens (tertiary/aromatic N) is 2. The maximum Gasteiger partial charge on any atom is 0.321 e. The van der Waals surface area contributed by atoms with Crippen LogP contribution in [0.5, 0.6) is 0 Å². The fourth-order valence-corrected chi connectivity index (χ4v) is 2.78. The maximum absolute atomic E-state index is 12.4. The first kappa shape index (κ1) is 15.5. The smallest absolute Gasteiger partial charge is 0.321 e. The van der Waals surface area contributed by atoms with Gasteiger partial charge in [-0.1, -0.05) is 0 Å². The van der Waals surface area contributed by atoms with Gasteiger partial charge >= 0.3 is 6.03 Å². The molecule has 1 fully saturated rings. The van der Waals surface area contributed by atoms with Crippen LogP contribution in [0, 0.1) is 0 Å². The zero-order valence-electron chi connectivity index (χ0n) is 13.2. The summed E-state index contributed by atoms with van der Waals surface area (Å²) in [7, 11) is 0. The normalized spacial score (nSPS) is 17.7. The molecule has 7 heteroatoms. The van der Waals surface area contributed by atoms with Gasteiger partial charge in [0.2, 0.25) is 0 Å². The number of imide groups is 1. The second kappa shape index (κ2) is 6.00. The van der Waals surface area contributed by atoms with E-state index in [1.165, 1.54) is 4.90 Å². The van der Waals surface area contributed by atoms with Gasteiger partial charge in [-0.2, -0.15) is 0 Å². The summed E-state index contributed by atoms with van der Waals surface area (Å²) >= 11 is 0. The van der Waals surface area contributed by atoms with Gasteiger partial charge in [-0.3, -0.25) is 14.5 Å². The molecule has 7 nitrogen and oxygen atoms in total. The topological polar surface area (TPSA) is 79.0 Å². The Balaban J connectivity index is 1.79. The van der Waals surface area contributed by atoms with Crippen LogP contribution in [0.2, 0.25) is 0 Å². The number of carbonyl (C=O) groups excluding carboxylic acids is 3. The number of hydrogen-bond acceptors (Lipinski definition) is 4. The average Bonchev–Trinajstić information content (AvgIpc) is 2.79. The van der Waals surface area contributed by atoms with E-state index < -0.39 is 0 Å². The molecule has 0 spiro atoms. The number of hydrogen-bond donors (Lipinski definition) is 1. The fourth-order valence-electron chi connectivity index (χ4n) is 2.78. The highest BCUT2D eigenvalue weighted by atomic mass is 16.5. The first-order chi connectivity index (χ1) is 11.0. The van der Waals surface area contributed by atoms with Crippen LogP contribution < -0.4 is 5.32 Å². The zero-order chi connectivity index (χ0) is 16.6. The van der Waals surface area contributed by atoms with Crippen LogP contribution >= 0.6 is 0 Å². The number of nitrogens with one attached hydrogen (secondary N) is 1. The highest BCUT2D eigenvalue weighted by Gasteiger charge is 2.37. The number of ether oxygens (including phenoxy) is 1. The van der Waals surface area contributed by atoms with Crippen molar-refractivity contribution in [1.29, 1.82) is 0 Å². The molecule has 0 radical (unpaired) electrons. The summed E-state index contributed by atoms with van der Waals surface area (Å²) < 4.78 is 5.21. The van der Waals surface area contributed by atoms with Crippen LogP contribution in [0.25, 0.3) is 0 Å². The molecular weight excluding hydrogens is 298 g/mol. The predicted octanol–water partition coefficient (Wildman–Crippen LogP) is 1.56. The maximum atomic E-state index is 12.4. The van der Waals surface area contributed by atoms with Crippen molar-refractivity contribution in [2.45, 2.75) is 19.9 Å². The van der Waals surface area contributed by atoms with Gasteiger partial charge in [0.15, 0.2) is 0 Å². The van der Waals surface area contributed by atoms with E-state index in [9.17, 15) is 14.4 Å². The Bertz CT molecular complexity index is 665. The molecule has 0 aromatic heterocycles. The van der Waals surface area contributed by atoms with E-state index in [1.807, 2.05) is 0 Å². The Kier molecular flexibility index (Phi) is 4.04. The van der Waals surface area contributed by atoms with Gasteiger partial charge in [0.1, 0.15) is 0 Å². The molecule has 1 N–H and O–H groups in total. The van der Waals surface area contributed by atoms with Gasteiger partial charge in [-0.15, -0.1) is 0 Å². The van der Waals surface area contributed by atoms with Crippen LogP contribution in [-0.2, 0) is 4.74 Å². The molecule has 1 saturated heterocycles. The second-order valence-electron chi connectivity index (χ2n) is 5.86. The Morgan fingerprint density at radius 2 is 1.78 bits per heavy atom. The first-order valence-corrected chi connectivity index (χ1v) is 7.64. The van der Waals surface area contributed by atoms with Crippen LogP contribution in [0.4, 0.5) is 10.5 Å². The number of fused-ring (bicyclic) bond motifs is 1. The van der Waals surface area contributed by atoms with E-state index >= 15 is 0 Å². The molecule has 0 bridgehead atoms.